The molecule has 0 saturated carbocycles. The Morgan fingerprint density at radius 2 is 2.21 bits per heavy atom. The molecule has 2 rings (SSSR count). The highest BCUT2D eigenvalue weighted by molar-refractivity contribution is 5.98. The molecule has 0 radical (unpaired) electrons. The van der Waals surface area contributed by atoms with Crippen LogP contribution in [0.3, 0.4) is 0 Å². The smallest absolute Gasteiger partial charge is 0.264 e. The number of likely N-dealkylation sites (N-methyl/N-ethyl adjacent to an activating group) is 1. The zero-order valence-electron chi connectivity index (χ0n) is 14.4. The SMILES string of the molecule is CCN(CC(C)Nc1ncnc2[nH]ccc12)C(=O)C(C#N)=C(C)C. The van der Waals surface area contributed by atoms with E-state index in [2.05, 4.69) is 20.3 Å². The van der Waals surface area contributed by atoms with Gasteiger partial charge in [0.05, 0.1) is 5.39 Å². The van der Waals surface area contributed by atoms with Crippen LogP contribution in [0.5, 0.6) is 0 Å². The van der Waals surface area contributed by atoms with E-state index < -0.39 is 0 Å². The molecule has 0 fully saturated rings. The maximum Gasteiger partial charge on any atom is 0.264 e. The molecule has 0 aliphatic carbocycles. The lowest BCUT2D eigenvalue weighted by Gasteiger charge is -2.25. The number of nitrogens with zero attached hydrogens (tertiary/aromatic N) is 4. The Balaban J connectivity index is 2.11. The van der Waals surface area contributed by atoms with Crippen LogP contribution in [0.25, 0.3) is 11.0 Å². The van der Waals surface area contributed by atoms with Crippen LogP contribution in [0.1, 0.15) is 27.7 Å². The molecule has 2 N–H and O–H groups in total. The molecular weight excluding hydrogens is 304 g/mol. The average Bonchev–Trinajstić information content (AvgIpc) is 3.02. The summed E-state index contributed by atoms with van der Waals surface area (Å²) in [5, 5.41) is 13.4. The standard InChI is InChI=1S/C17H22N6O/c1-5-23(17(24)14(8-18)11(2)3)9-12(4)22-16-13-6-7-19-15(13)20-10-21-16/h6-7,10,12H,5,9H2,1-4H3,(H2,19,20,21,22). The largest absolute Gasteiger partial charge is 0.365 e. The van der Waals surface area contributed by atoms with Crippen molar-refractivity contribution in [2.75, 3.05) is 18.4 Å². The summed E-state index contributed by atoms with van der Waals surface area (Å²) in [6.45, 7) is 8.44. The monoisotopic (exact) mass is 326 g/mol. The average molecular weight is 326 g/mol. The normalized spacial score (nSPS) is 11.6. The number of nitriles is 1. The predicted molar refractivity (Wildman–Crippen MR) is 93.2 cm³/mol. The molecule has 126 valence electrons. The first-order chi connectivity index (χ1) is 11.5. The van der Waals surface area contributed by atoms with Gasteiger partial charge in [-0.3, -0.25) is 4.79 Å². The van der Waals surface area contributed by atoms with E-state index in [0.717, 1.165) is 22.4 Å². The van der Waals surface area contributed by atoms with Crippen LogP contribution in [0.4, 0.5) is 5.82 Å². The van der Waals surface area contributed by atoms with Crippen molar-refractivity contribution in [3.8, 4) is 6.07 Å². The van der Waals surface area contributed by atoms with E-state index in [9.17, 15) is 10.1 Å². The summed E-state index contributed by atoms with van der Waals surface area (Å²) in [5.41, 5.74) is 1.70. The Morgan fingerprint density at radius 1 is 1.46 bits per heavy atom. The van der Waals surface area contributed by atoms with Crippen LogP contribution in [0.2, 0.25) is 0 Å². The van der Waals surface area contributed by atoms with Crippen LogP contribution < -0.4 is 5.32 Å². The molecule has 0 saturated heterocycles. The topological polar surface area (TPSA) is 97.7 Å². The van der Waals surface area contributed by atoms with E-state index in [1.165, 1.54) is 6.33 Å². The summed E-state index contributed by atoms with van der Waals surface area (Å²) in [5.74, 6) is 0.489. The zero-order valence-corrected chi connectivity index (χ0v) is 14.4. The minimum Gasteiger partial charge on any atom is -0.365 e. The second-order valence-corrected chi connectivity index (χ2v) is 5.84. The number of H-pyrrole nitrogens is 1. The minimum absolute atomic E-state index is 0.0287. The van der Waals surface area contributed by atoms with Gasteiger partial charge in [0.15, 0.2) is 0 Å². The molecule has 7 nitrogen and oxygen atoms in total. The number of allylic oxidation sites excluding steroid dienone is 1. The number of amides is 1. The zero-order chi connectivity index (χ0) is 17.7. The van der Waals surface area contributed by atoms with E-state index in [1.54, 1.807) is 18.7 Å². The molecule has 2 aromatic rings. The van der Waals surface area contributed by atoms with Crippen molar-refractivity contribution < 1.29 is 4.79 Å². The maximum absolute atomic E-state index is 12.5. The predicted octanol–water partition coefficient (Wildman–Crippen LogP) is 2.47. The molecule has 0 spiro atoms. The highest BCUT2D eigenvalue weighted by atomic mass is 16.2. The number of hydrogen-bond acceptors (Lipinski definition) is 5. The molecule has 0 aromatic carbocycles. The Kier molecular flexibility index (Phi) is 5.53. The fraction of sp³-hybridized carbons (Fsp3) is 0.412. The van der Waals surface area contributed by atoms with Gasteiger partial charge in [-0.2, -0.15) is 5.26 Å². The molecule has 0 aliphatic rings. The van der Waals surface area contributed by atoms with Gasteiger partial charge in [0.25, 0.3) is 5.91 Å². The van der Waals surface area contributed by atoms with Crippen LogP contribution in [-0.2, 0) is 4.79 Å². The van der Waals surface area contributed by atoms with E-state index in [4.69, 9.17) is 0 Å². The summed E-state index contributed by atoms with van der Waals surface area (Å²) in [7, 11) is 0. The first-order valence-corrected chi connectivity index (χ1v) is 7.89. The van der Waals surface area contributed by atoms with Crippen molar-refractivity contribution in [2.24, 2.45) is 0 Å². The van der Waals surface area contributed by atoms with Crippen LogP contribution in [0, 0.1) is 11.3 Å². The van der Waals surface area contributed by atoms with Gasteiger partial charge in [-0.05, 0) is 33.8 Å². The molecule has 2 heterocycles. The van der Waals surface area contributed by atoms with Crippen LogP contribution in [0.15, 0.2) is 29.7 Å². The minimum atomic E-state index is -0.233. The van der Waals surface area contributed by atoms with Crippen molar-refractivity contribution in [1.29, 1.82) is 5.26 Å². The summed E-state index contributed by atoms with van der Waals surface area (Å²) in [6, 6.07) is 3.88. The first kappa shape index (κ1) is 17.5. The van der Waals surface area contributed by atoms with Gasteiger partial charge in [-0.25, -0.2) is 9.97 Å². The van der Waals surface area contributed by atoms with Gasteiger partial charge in [-0.1, -0.05) is 5.57 Å². The van der Waals surface area contributed by atoms with Crippen LogP contribution in [-0.4, -0.2) is 44.9 Å². The van der Waals surface area contributed by atoms with Gasteiger partial charge in [0, 0.05) is 25.3 Å². The molecule has 2 aromatic heterocycles. The van der Waals surface area contributed by atoms with E-state index >= 15 is 0 Å². The number of aromatic amines is 1. The Bertz CT molecular complexity index is 797. The second-order valence-electron chi connectivity index (χ2n) is 5.84. The number of carbonyl (C=O) groups is 1. The number of aromatic nitrogens is 3. The summed E-state index contributed by atoms with van der Waals surface area (Å²) < 4.78 is 0. The van der Waals surface area contributed by atoms with Gasteiger partial charge in [0.1, 0.15) is 29.4 Å². The highest BCUT2D eigenvalue weighted by Crippen LogP contribution is 2.18. The van der Waals surface area contributed by atoms with Crippen molar-refractivity contribution in [3.63, 3.8) is 0 Å². The van der Waals surface area contributed by atoms with Gasteiger partial charge < -0.3 is 15.2 Å². The highest BCUT2D eigenvalue weighted by Gasteiger charge is 2.20. The summed E-state index contributed by atoms with van der Waals surface area (Å²) in [4.78, 5) is 25.6. The Labute approximate surface area is 141 Å². The van der Waals surface area contributed by atoms with Crippen molar-refractivity contribution >= 4 is 22.8 Å². The summed E-state index contributed by atoms with van der Waals surface area (Å²) in [6.07, 6.45) is 3.30. The molecule has 1 unspecified atom stereocenters. The Morgan fingerprint density at radius 3 is 2.83 bits per heavy atom. The van der Waals surface area contributed by atoms with E-state index in [-0.39, 0.29) is 17.5 Å². The van der Waals surface area contributed by atoms with Gasteiger partial charge in [-0.15, -0.1) is 0 Å². The Hall–Kier alpha value is -2.88. The molecule has 1 atom stereocenters. The van der Waals surface area contributed by atoms with Crippen molar-refractivity contribution in [2.45, 2.75) is 33.7 Å². The van der Waals surface area contributed by atoms with Crippen LogP contribution >= 0.6 is 0 Å². The number of nitrogens with one attached hydrogen (secondary N) is 2. The van der Waals surface area contributed by atoms with Crippen molar-refractivity contribution in [3.05, 3.63) is 29.7 Å². The lowest BCUT2D eigenvalue weighted by molar-refractivity contribution is -0.126. The van der Waals surface area contributed by atoms with Crippen molar-refractivity contribution in [1.82, 2.24) is 19.9 Å². The third kappa shape index (κ3) is 3.71. The van der Waals surface area contributed by atoms with Gasteiger partial charge in [0.2, 0.25) is 0 Å². The van der Waals surface area contributed by atoms with E-state index in [0.29, 0.717) is 13.1 Å². The number of carbonyl (C=O) groups excluding carboxylic acids is 1. The van der Waals surface area contributed by atoms with E-state index in [1.807, 2.05) is 32.2 Å². The first-order valence-electron chi connectivity index (χ1n) is 7.89. The number of anilines is 1. The maximum atomic E-state index is 12.5. The second kappa shape index (κ2) is 7.59. The number of fused-ring (bicyclic) bond motifs is 1. The lowest BCUT2D eigenvalue weighted by atomic mass is 10.1. The quantitative estimate of drug-likeness (QED) is 0.628. The van der Waals surface area contributed by atoms with Gasteiger partial charge >= 0.3 is 0 Å². The molecule has 7 heteroatoms. The molecule has 24 heavy (non-hydrogen) atoms. The molecular formula is C17H22N6O. The third-order valence-electron chi connectivity index (χ3n) is 3.73. The molecule has 0 bridgehead atoms. The molecule has 1 amide bonds. The fourth-order valence-corrected chi connectivity index (χ4v) is 2.48. The fourth-order valence-electron chi connectivity index (χ4n) is 2.48. The number of rotatable bonds is 6. The summed E-state index contributed by atoms with van der Waals surface area (Å²) >= 11 is 0. The number of hydrogen-bond donors (Lipinski definition) is 2. The third-order valence-corrected chi connectivity index (χ3v) is 3.73. The lowest BCUT2D eigenvalue weighted by Crippen LogP contribution is -2.40. The molecule has 0 aliphatic heterocycles.